The van der Waals surface area contributed by atoms with E-state index < -0.39 is 4.92 Å². The second kappa shape index (κ2) is 7.55. The maximum atomic E-state index is 12.0. The molecule has 118 valence electrons. The molecule has 7 heteroatoms. The minimum absolute atomic E-state index is 0.0673. The fraction of sp³-hybridized carbons (Fsp3) is 0.0625. The minimum Gasteiger partial charge on any atom is -0.494 e. The van der Waals surface area contributed by atoms with E-state index in [4.69, 9.17) is 4.74 Å². The zero-order chi connectivity index (χ0) is 16.8. The molecule has 0 unspecified atom stereocenters. The molecule has 0 aliphatic rings. The number of allylic oxidation sites excluding steroid dienone is 1. The van der Waals surface area contributed by atoms with Crippen molar-refractivity contribution in [1.82, 2.24) is 0 Å². The minimum atomic E-state index is -0.501. The van der Waals surface area contributed by atoms with E-state index >= 15 is 0 Å². The summed E-state index contributed by atoms with van der Waals surface area (Å²) in [6, 6.07) is 11.2. The van der Waals surface area contributed by atoms with Crippen molar-refractivity contribution in [2.75, 3.05) is 12.4 Å². The van der Waals surface area contributed by atoms with Gasteiger partial charge in [0.05, 0.1) is 23.8 Å². The Morgan fingerprint density at radius 2 is 1.96 bits per heavy atom. The number of hydrogen-bond donors (Lipinski definition) is 1. The van der Waals surface area contributed by atoms with Crippen molar-refractivity contribution in [3.05, 3.63) is 74.9 Å². The molecular weight excluding hydrogens is 364 g/mol. The first-order chi connectivity index (χ1) is 11.0. The molecular formula is C16H13BrN2O4. The molecule has 0 atom stereocenters. The van der Waals surface area contributed by atoms with Crippen LogP contribution in [0.2, 0.25) is 0 Å². The molecule has 0 spiro atoms. The number of rotatable bonds is 6. The number of nitro groups is 1. The van der Waals surface area contributed by atoms with Gasteiger partial charge in [-0.05, 0) is 30.3 Å². The fourth-order valence-electron chi connectivity index (χ4n) is 1.83. The first kappa shape index (κ1) is 16.7. The smallest absolute Gasteiger partial charge is 0.273 e. The molecule has 0 amide bonds. The second-order valence-electron chi connectivity index (χ2n) is 4.49. The van der Waals surface area contributed by atoms with E-state index in [1.807, 2.05) is 0 Å². The van der Waals surface area contributed by atoms with Crippen molar-refractivity contribution in [3.8, 4) is 5.75 Å². The summed E-state index contributed by atoms with van der Waals surface area (Å²) in [5.41, 5.74) is 1.02. The lowest BCUT2D eigenvalue weighted by Crippen LogP contribution is -1.98. The number of carbonyl (C=O) groups is 1. The number of benzene rings is 2. The normalized spacial score (nSPS) is 10.5. The van der Waals surface area contributed by atoms with E-state index in [0.29, 0.717) is 17.0 Å². The van der Waals surface area contributed by atoms with Gasteiger partial charge in [0.15, 0.2) is 5.78 Å². The molecule has 0 heterocycles. The van der Waals surface area contributed by atoms with Crippen LogP contribution in [0, 0.1) is 10.1 Å². The van der Waals surface area contributed by atoms with E-state index in [1.165, 1.54) is 37.6 Å². The summed E-state index contributed by atoms with van der Waals surface area (Å²) >= 11 is 3.31. The van der Waals surface area contributed by atoms with E-state index in [-0.39, 0.29) is 11.5 Å². The van der Waals surface area contributed by atoms with Crippen LogP contribution in [-0.4, -0.2) is 17.8 Å². The lowest BCUT2D eigenvalue weighted by molar-refractivity contribution is -0.384. The molecule has 0 aromatic heterocycles. The number of ether oxygens (including phenoxy) is 1. The number of ketones is 1. The van der Waals surface area contributed by atoms with Gasteiger partial charge in [-0.1, -0.05) is 15.9 Å². The van der Waals surface area contributed by atoms with Crippen LogP contribution in [0.5, 0.6) is 5.75 Å². The van der Waals surface area contributed by atoms with Crippen LogP contribution < -0.4 is 10.1 Å². The average molecular weight is 377 g/mol. The number of carbonyl (C=O) groups excluding carboxylic acids is 1. The Morgan fingerprint density at radius 3 is 2.57 bits per heavy atom. The Kier molecular flexibility index (Phi) is 5.48. The summed E-state index contributed by atoms with van der Waals surface area (Å²) in [6.07, 6.45) is 2.85. The molecule has 0 aliphatic heterocycles. The first-order valence-electron chi connectivity index (χ1n) is 6.56. The van der Waals surface area contributed by atoms with E-state index in [9.17, 15) is 14.9 Å². The summed E-state index contributed by atoms with van der Waals surface area (Å²) in [5.74, 6) is 0.158. The maximum Gasteiger partial charge on any atom is 0.273 e. The molecule has 0 bridgehead atoms. The van der Waals surface area contributed by atoms with Crippen molar-refractivity contribution in [3.63, 3.8) is 0 Å². The maximum absolute atomic E-state index is 12.0. The predicted molar refractivity (Wildman–Crippen MR) is 90.9 cm³/mol. The Labute approximate surface area is 141 Å². The highest BCUT2D eigenvalue weighted by atomic mass is 79.9. The lowest BCUT2D eigenvalue weighted by Gasteiger charge is -2.07. The van der Waals surface area contributed by atoms with Crippen molar-refractivity contribution in [2.24, 2.45) is 0 Å². The number of nitrogens with one attached hydrogen (secondary N) is 1. The molecule has 0 aliphatic carbocycles. The summed E-state index contributed by atoms with van der Waals surface area (Å²) in [4.78, 5) is 22.2. The Hall–Kier alpha value is -2.67. The highest BCUT2D eigenvalue weighted by Gasteiger charge is 2.10. The number of methoxy groups -OCH3 is 1. The highest BCUT2D eigenvalue weighted by Crippen LogP contribution is 2.28. The number of nitrogens with zero attached hydrogens (tertiary/aromatic N) is 1. The van der Waals surface area contributed by atoms with Gasteiger partial charge in [0.25, 0.3) is 5.69 Å². The Morgan fingerprint density at radius 1 is 1.26 bits per heavy atom. The third kappa shape index (κ3) is 4.40. The van der Waals surface area contributed by atoms with Crippen LogP contribution >= 0.6 is 15.9 Å². The van der Waals surface area contributed by atoms with Gasteiger partial charge in [-0.2, -0.15) is 0 Å². The van der Waals surface area contributed by atoms with Gasteiger partial charge in [0, 0.05) is 28.4 Å². The van der Waals surface area contributed by atoms with Gasteiger partial charge in [-0.15, -0.1) is 0 Å². The molecule has 0 saturated heterocycles. The van der Waals surface area contributed by atoms with Crippen LogP contribution in [0.15, 0.2) is 59.2 Å². The van der Waals surface area contributed by atoms with Gasteiger partial charge in [0.2, 0.25) is 0 Å². The van der Waals surface area contributed by atoms with Crippen molar-refractivity contribution in [1.29, 1.82) is 0 Å². The van der Waals surface area contributed by atoms with Gasteiger partial charge >= 0.3 is 0 Å². The number of non-ortho nitro benzene ring substituents is 1. The van der Waals surface area contributed by atoms with E-state index in [1.54, 1.807) is 24.3 Å². The van der Waals surface area contributed by atoms with Gasteiger partial charge < -0.3 is 10.1 Å². The largest absolute Gasteiger partial charge is 0.494 e. The van der Waals surface area contributed by atoms with Crippen LogP contribution in [-0.2, 0) is 0 Å². The molecule has 2 aromatic carbocycles. The van der Waals surface area contributed by atoms with Gasteiger partial charge in [0.1, 0.15) is 5.75 Å². The monoisotopic (exact) mass is 376 g/mol. The Bertz CT molecular complexity index is 757. The molecule has 2 rings (SSSR count). The molecule has 6 nitrogen and oxygen atoms in total. The van der Waals surface area contributed by atoms with Gasteiger partial charge in [-0.25, -0.2) is 0 Å². The number of anilines is 1. The molecule has 1 N–H and O–H groups in total. The summed E-state index contributed by atoms with van der Waals surface area (Å²) in [6.45, 7) is 0. The van der Waals surface area contributed by atoms with Crippen molar-refractivity contribution in [2.45, 2.75) is 0 Å². The second-order valence-corrected chi connectivity index (χ2v) is 5.41. The summed E-state index contributed by atoms with van der Waals surface area (Å²) in [7, 11) is 1.42. The molecule has 23 heavy (non-hydrogen) atoms. The third-order valence-corrected chi connectivity index (χ3v) is 3.53. The number of halogens is 1. The molecule has 0 fully saturated rings. The van der Waals surface area contributed by atoms with E-state index in [0.717, 1.165) is 4.47 Å². The fourth-order valence-corrected chi connectivity index (χ4v) is 2.09. The first-order valence-corrected chi connectivity index (χ1v) is 7.36. The standard InChI is InChI=1S/C16H13BrN2O4/c1-23-16-10-13(19(21)22)6-7-14(16)18-9-8-15(20)11-2-4-12(17)5-3-11/h2-10,18H,1H3. The zero-order valence-electron chi connectivity index (χ0n) is 12.2. The lowest BCUT2D eigenvalue weighted by atomic mass is 10.1. The zero-order valence-corrected chi connectivity index (χ0v) is 13.7. The third-order valence-electron chi connectivity index (χ3n) is 3.00. The van der Waals surface area contributed by atoms with Gasteiger partial charge in [-0.3, -0.25) is 14.9 Å². The topological polar surface area (TPSA) is 81.5 Å². The van der Waals surface area contributed by atoms with E-state index in [2.05, 4.69) is 21.2 Å². The predicted octanol–water partition coefficient (Wildman–Crippen LogP) is 4.17. The van der Waals surface area contributed by atoms with Crippen molar-refractivity contribution < 1.29 is 14.5 Å². The molecule has 2 aromatic rings. The van der Waals surface area contributed by atoms with Crippen LogP contribution in [0.4, 0.5) is 11.4 Å². The van der Waals surface area contributed by atoms with Crippen LogP contribution in [0.1, 0.15) is 10.4 Å². The molecule has 0 saturated carbocycles. The summed E-state index contributed by atoms with van der Waals surface area (Å²) in [5, 5.41) is 13.6. The number of nitro benzene ring substituents is 1. The van der Waals surface area contributed by atoms with Crippen LogP contribution in [0.25, 0.3) is 0 Å². The quantitative estimate of drug-likeness (QED) is 0.354. The Balaban J connectivity index is 2.09. The summed E-state index contributed by atoms with van der Waals surface area (Å²) < 4.78 is 6.00. The average Bonchev–Trinajstić information content (AvgIpc) is 2.55. The van der Waals surface area contributed by atoms with Crippen LogP contribution in [0.3, 0.4) is 0 Å². The SMILES string of the molecule is COc1cc([N+](=O)[O-])ccc1NC=CC(=O)c1ccc(Br)cc1. The number of hydrogen-bond acceptors (Lipinski definition) is 5. The highest BCUT2D eigenvalue weighted by molar-refractivity contribution is 9.10. The van der Waals surface area contributed by atoms with Crippen molar-refractivity contribution >= 4 is 33.1 Å². The molecule has 0 radical (unpaired) electrons.